The van der Waals surface area contributed by atoms with E-state index in [2.05, 4.69) is 16.0 Å². The van der Waals surface area contributed by atoms with Gasteiger partial charge in [0, 0.05) is 17.4 Å². The molecule has 20 heavy (non-hydrogen) atoms. The summed E-state index contributed by atoms with van der Waals surface area (Å²) in [7, 11) is 0. The van der Waals surface area contributed by atoms with Crippen molar-refractivity contribution in [2.75, 3.05) is 12.3 Å². The van der Waals surface area contributed by atoms with Crippen molar-refractivity contribution >= 4 is 16.7 Å². The van der Waals surface area contributed by atoms with Crippen LogP contribution in [0.1, 0.15) is 5.56 Å². The molecule has 0 saturated carbocycles. The van der Waals surface area contributed by atoms with Gasteiger partial charge in [-0.2, -0.15) is 0 Å². The number of rotatable bonds is 1. The number of nitrogen functional groups attached to an aromatic ring is 1. The molecule has 2 heterocycles. The minimum absolute atomic E-state index is 0.516. The number of para-hydroxylation sites is 1. The maximum absolute atomic E-state index is 6.03. The molecular formula is C16H13N3O. The molecule has 2 aromatic carbocycles. The number of nitrogens with zero attached hydrogens (tertiary/aromatic N) is 2. The molecule has 0 saturated heterocycles. The summed E-state index contributed by atoms with van der Waals surface area (Å²) < 4.78 is 5.52. The number of ether oxygens (including phenoxy) is 1. The topological polar surface area (TPSA) is 61.0 Å². The first-order chi connectivity index (χ1) is 9.81. The monoisotopic (exact) mass is 263 g/mol. The van der Waals surface area contributed by atoms with Crippen molar-refractivity contribution in [3.8, 4) is 17.1 Å². The zero-order valence-corrected chi connectivity index (χ0v) is 10.8. The van der Waals surface area contributed by atoms with Gasteiger partial charge in [-0.15, -0.1) is 0 Å². The smallest absolute Gasteiger partial charge is 0.162 e. The van der Waals surface area contributed by atoms with Gasteiger partial charge in [0.15, 0.2) is 5.82 Å². The van der Waals surface area contributed by atoms with Crippen molar-refractivity contribution in [1.29, 1.82) is 0 Å². The van der Waals surface area contributed by atoms with Crippen LogP contribution in [-0.2, 0) is 6.42 Å². The summed E-state index contributed by atoms with van der Waals surface area (Å²) in [5, 5.41) is 0.890. The Bertz CT molecular complexity index is 814. The fourth-order valence-electron chi connectivity index (χ4n) is 2.56. The third-order valence-electron chi connectivity index (χ3n) is 3.58. The van der Waals surface area contributed by atoms with Gasteiger partial charge in [0.2, 0.25) is 0 Å². The van der Waals surface area contributed by atoms with Crippen molar-refractivity contribution in [2.45, 2.75) is 6.42 Å². The molecule has 2 N–H and O–H groups in total. The fraction of sp³-hybridized carbons (Fsp3) is 0.125. The lowest BCUT2D eigenvalue weighted by Gasteiger charge is -2.06. The van der Waals surface area contributed by atoms with E-state index >= 15 is 0 Å². The molecule has 98 valence electrons. The molecule has 0 radical (unpaired) electrons. The average molecular weight is 263 g/mol. The number of anilines is 1. The van der Waals surface area contributed by atoms with E-state index < -0.39 is 0 Å². The van der Waals surface area contributed by atoms with Gasteiger partial charge < -0.3 is 10.5 Å². The lowest BCUT2D eigenvalue weighted by Crippen LogP contribution is -1.97. The summed E-state index contributed by atoms with van der Waals surface area (Å²) in [4.78, 5) is 9.02. The Morgan fingerprint density at radius 3 is 2.90 bits per heavy atom. The number of aromatic nitrogens is 2. The van der Waals surface area contributed by atoms with E-state index in [0.29, 0.717) is 11.6 Å². The summed E-state index contributed by atoms with van der Waals surface area (Å²) in [6.07, 6.45) is 0.937. The molecule has 4 heteroatoms. The zero-order chi connectivity index (χ0) is 13.5. The van der Waals surface area contributed by atoms with Crippen LogP contribution in [0.2, 0.25) is 0 Å². The first-order valence-electron chi connectivity index (χ1n) is 6.59. The Morgan fingerprint density at radius 1 is 1.05 bits per heavy atom. The molecule has 3 aromatic rings. The van der Waals surface area contributed by atoms with Crippen LogP contribution in [0.4, 0.5) is 5.82 Å². The second-order valence-electron chi connectivity index (χ2n) is 4.87. The molecule has 0 aliphatic carbocycles. The van der Waals surface area contributed by atoms with Crippen molar-refractivity contribution in [1.82, 2.24) is 9.97 Å². The first-order valence-corrected chi connectivity index (χ1v) is 6.59. The van der Waals surface area contributed by atoms with E-state index in [1.807, 2.05) is 36.4 Å². The lowest BCUT2D eigenvalue weighted by molar-refractivity contribution is 0.357. The molecule has 0 atom stereocenters. The Morgan fingerprint density at radius 2 is 1.95 bits per heavy atom. The Kier molecular flexibility index (Phi) is 2.36. The Labute approximate surface area is 116 Å². The number of nitrogens with two attached hydrogens (primary N) is 1. The van der Waals surface area contributed by atoms with E-state index in [-0.39, 0.29) is 0 Å². The third-order valence-corrected chi connectivity index (χ3v) is 3.58. The highest BCUT2D eigenvalue weighted by Gasteiger charge is 2.14. The van der Waals surface area contributed by atoms with E-state index in [4.69, 9.17) is 10.5 Å². The zero-order valence-electron chi connectivity index (χ0n) is 10.8. The van der Waals surface area contributed by atoms with Gasteiger partial charge >= 0.3 is 0 Å². The number of benzene rings is 2. The highest BCUT2D eigenvalue weighted by molar-refractivity contribution is 5.89. The van der Waals surface area contributed by atoms with Gasteiger partial charge in [-0.25, -0.2) is 9.97 Å². The van der Waals surface area contributed by atoms with Gasteiger partial charge in [0.1, 0.15) is 11.6 Å². The number of hydrogen-bond donors (Lipinski definition) is 1. The SMILES string of the molecule is Nc1nc(-c2ccc3c(c2)CCO3)nc2ccccc12. The van der Waals surface area contributed by atoms with Crippen LogP contribution in [-0.4, -0.2) is 16.6 Å². The summed E-state index contributed by atoms with van der Waals surface area (Å²) in [6.45, 7) is 0.750. The predicted octanol–water partition coefficient (Wildman–Crippen LogP) is 2.81. The summed E-state index contributed by atoms with van der Waals surface area (Å²) in [5.41, 5.74) is 9.08. The Balaban J connectivity index is 1.90. The Hall–Kier alpha value is -2.62. The van der Waals surface area contributed by atoms with Crippen molar-refractivity contribution in [2.24, 2.45) is 0 Å². The van der Waals surface area contributed by atoms with Crippen molar-refractivity contribution < 1.29 is 4.74 Å². The average Bonchev–Trinajstić information content (AvgIpc) is 2.94. The molecule has 0 bridgehead atoms. The van der Waals surface area contributed by atoms with E-state index in [9.17, 15) is 0 Å². The molecule has 1 aromatic heterocycles. The highest BCUT2D eigenvalue weighted by Crippen LogP contribution is 2.30. The molecule has 4 nitrogen and oxygen atoms in total. The van der Waals surface area contributed by atoms with Gasteiger partial charge in [0.25, 0.3) is 0 Å². The van der Waals surface area contributed by atoms with Gasteiger partial charge in [-0.1, -0.05) is 12.1 Å². The molecule has 1 aliphatic heterocycles. The van der Waals surface area contributed by atoms with Crippen LogP contribution in [0.15, 0.2) is 42.5 Å². The van der Waals surface area contributed by atoms with E-state index in [0.717, 1.165) is 35.2 Å². The number of fused-ring (bicyclic) bond motifs is 2. The standard InChI is InChI=1S/C16H13N3O/c17-15-12-3-1-2-4-13(12)18-16(19-15)11-5-6-14-10(9-11)7-8-20-14/h1-6,9H,7-8H2,(H2,17,18,19). The van der Waals surface area contributed by atoms with Crippen LogP contribution in [0.5, 0.6) is 5.75 Å². The van der Waals surface area contributed by atoms with Gasteiger partial charge in [0.05, 0.1) is 12.1 Å². The van der Waals surface area contributed by atoms with Crippen LogP contribution >= 0.6 is 0 Å². The minimum Gasteiger partial charge on any atom is -0.493 e. The molecule has 0 spiro atoms. The maximum atomic E-state index is 6.03. The molecule has 0 amide bonds. The van der Waals surface area contributed by atoms with E-state index in [1.54, 1.807) is 0 Å². The summed E-state index contributed by atoms with van der Waals surface area (Å²) >= 11 is 0. The molecule has 4 rings (SSSR count). The molecular weight excluding hydrogens is 250 g/mol. The van der Waals surface area contributed by atoms with Gasteiger partial charge in [-0.3, -0.25) is 0 Å². The maximum Gasteiger partial charge on any atom is 0.162 e. The second kappa shape index (κ2) is 4.20. The molecule has 0 fully saturated rings. The predicted molar refractivity (Wildman–Crippen MR) is 78.6 cm³/mol. The molecule has 1 aliphatic rings. The van der Waals surface area contributed by atoms with Crippen LogP contribution in [0, 0.1) is 0 Å². The van der Waals surface area contributed by atoms with Gasteiger partial charge in [-0.05, 0) is 35.9 Å². The first kappa shape index (κ1) is 11.2. The van der Waals surface area contributed by atoms with Crippen LogP contribution in [0.3, 0.4) is 0 Å². The largest absolute Gasteiger partial charge is 0.493 e. The van der Waals surface area contributed by atoms with E-state index in [1.165, 1.54) is 5.56 Å². The summed E-state index contributed by atoms with van der Waals surface area (Å²) in [6, 6.07) is 13.8. The quantitative estimate of drug-likeness (QED) is 0.733. The van der Waals surface area contributed by atoms with Crippen LogP contribution in [0.25, 0.3) is 22.3 Å². The lowest BCUT2D eigenvalue weighted by atomic mass is 10.1. The summed E-state index contributed by atoms with van der Waals surface area (Å²) in [5.74, 6) is 2.14. The fourth-order valence-corrected chi connectivity index (χ4v) is 2.56. The normalized spacial score (nSPS) is 13.2. The second-order valence-corrected chi connectivity index (χ2v) is 4.87. The van der Waals surface area contributed by atoms with Crippen LogP contribution < -0.4 is 10.5 Å². The molecule has 0 unspecified atom stereocenters. The van der Waals surface area contributed by atoms with Crippen molar-refractivity contribution in [3.63, 3.8) is 0 Å². The minimum atomic E-state index is 0.516. The number of hydrogen-bond acceptors (Lipinski definition) is 4. The third kappa shape index (κ3) is 1.69. The highest BCUT2D eigenvalue weighted by atomic mass is 16.5. The van der Waals surface area contributed by atoms with Crippen molar-refractivity contribution in [3.05, 3.63) is 48.0 Å².